The summed E-state index contributed by atoms with van der Waals surface area (Å²) in [5.74, 6) is 0.740. The molecule has 1 N–H and O–H groups in total. The topological polar surface area (TPSA) is 15.3 Å². The van der Waals surface area contributed by atoms with Gasteiger partial charge in [0.2, 0.25) is 0 Å². The van der Waals surface area contributed by atoms with Crippen LogP contribution in [0.2, 0.25) is 0 Å². The van der Waals surface area contributed by atoms with Gasteiger partial charge in [-0.25, -0.2) is 0 Å². The molecule has 2 unspecified atom stereocenters. The van der Waals surface area contributed by atoms with E-state index in [1.807, 2.05) is 0 Å². The molecule has 0 radical (unpaired) electrons. The Bertz CT molecular complexity index is 354. The third kappa shape index (κ3) is 5.75. The van der Waals surface area contributed by atoms with Crippen LogP contribution >= 0.6 is 0 Å². The van der Waals surface area contributed by atoms with E-state index in [-0.39, 0.29) is 0 Å². The van der Waals surface area contributed by atoms with E-state index >= 15 is 0 Å². The number of benzene rings is 1. The summed E-state index contributed by atoms with van der Waals surface area (Å²) in [7, 11) is 4.34. The summed E-state index contributed by atoms with van der Waals surface area (Å²) in [6.45, 7) is 10.00. The van der Waals surface area contributed by atoms with E-state index in [0.29, 0.717) is 12.1 Å². The van der Waals surface area contributed by atoms with Gasteiger partial charge in [-0.3, -0.25) is 0 Å². The van der Waals surface area contributed by atoms with E-state index in [0.717, 1.165) is 12.5 Å². The van der Waals surface area contributed by atoms with Crippen molar-refractivity contribution in [3.05, 3.63) is 35.4 Å². The Morgan fingerprint density at radius 3 is 2.11 bits per heavy atom. The molecule has 1 rings (SSSR count). The second-order valence-electron chi connectivity index (χ2n) is 6.29. The third-order valence-corrected chi connectivity index (χ3v) is 3.71. The summed E-state index contributed by atoms with van der Waals surface area (Å²) in [6, 6.07) is 9.83. The largest absolute Gasteiger partial charge is 0.309 e. The molecule has 19 heavy (non-hydrogen) atoms. The normalized spacial score (nSPS) is 14.9. The standard InChI is InChI=1S/C17H30N2/c1-13(2)11-17(19(5)6)12-18-15(4)16-9-7-14(3)8-10-16/h7-10,13,15,17-18H,11-12H2,1-6H3. The zero-order valence-electron chi connectivity index (χ0n) is 13.4. The lowest BCUT2D eigenvalue weighted by atomic mass is 10.0. The molecule has 2 nitrogen and oxygen atoms in total. The van der Waals surface area contributed by atoms with Crippen LogP contribution in [0.3, 0.4) is 0 Å². The molecule has 108 valence electrons. The first-order chi connectivity index (χ1) is 8.90. The van der Waals surface area contributed by atoms with Crippen LogP contribution in [0.5, 0.6) is 0 Å². The number of nitrogens with one attached hydrogen (secondary N) is 1. The van der Waals surface area contributed by atoms with Gasteiger partial charge in [0.05, 0.1) is 0 Å². The quantitative estimate of drug-likeness (QED) is 0.807. The number of rotatable bonds is 7. The zero-order valence-corrected chi connectivity index (χ0v) is 13.4. The van der Waals surface area contributed by atoms with Crippen LogP contribution < -0.4 is 5.32 Å². The van der Waals surface area contributed by atoms with E-state index in [9.17, 15) is 0 Å². The maximum absolute atomic E-state index is 3.66. The molecule has 0 bridgehead atoms. The molecule has 0 fully saturated rings. The van der Waals surface area contributed by atoms with Crippen molar-refractivity contribution in [2.75, 3.05) is 20.6 Å². The van der Waals surface area contributed by atoms with Gasteiger partial charge >= 0.3 is 0 Å². The Balaban J connectivity index is 2.51. The van der Waals surface area contributed by atoms with Crippen LogP contribution in [0.4, 0.5) is 0 Å². The van der Waals surface area contributed by atoms with Crippen molar-refractivity contribution in [3.8, 4) is 0 Å². The molecule has 0 heterocycles. The molecule has 0 amide bonds. The first-order valence-corrected chi connectivity index (χ1v) is 7.36. The summed E-state index contributed by atoms with van der Waals surface area (Å²) in [6.07, 6.45) is 1.24. The van der Waals surface area contributed by atoms with E-state index in [1.165, 1.54) is 17.5 Å². The minimum Gasteiger partial charge on any atom is -0.309 e. The maximum atomic E-state index is 3.66. The van der Waals surface area contributed by atoms with E-state index in [2.05, 4.69) is 76.3 Å². The predicted molar refractivity (Wildman–Crippen MR) is 84.5 cm³/mol. The highest BCUT2D eigenvalue weighted by molar-refractivity contribution is 5.23. The molecular weight excluding hydrogens is 232 g/mol. The SMILES string of the molecule is Cc1ccc(C(C)NCC(CC(C)C)N(C)C)cc1. The van der Waals surface area contributed by atoms with Crippen LogP contribution in [0.15, 0.2) is 24.3 Å². The summed E-state index contributed by atoms with van der Waals surface area (Å²) >= 11 is 0. The fraction of sp³-hybridized carbons (Fsp3) is 0.647. The monoisotopic (exact) mass is 262 g/mol. The number of nitrogens with zero attached hydrogens (tertiary/aromatic N) is 1. The first-order valence-electron chi connectivity index (χ1n) is 7.36. The Morgan fingerprint density at radius 1 is 1.05 bits per heavy atom. The molecule has 0 saturated carbocycles. The molecule has 0 aliphatic carbocycles. The van der Waals surface area contributed by atoms with Crippen LogP contribution in [-0.4, -0.2) is 31.6 Å². The van der Waals surface area contributed by atoms with Crippen molar-refractivity contribution < 1.29 is 0 Å². The Kier molecular flexibility index (Phi) is 6.53. The molecular formula is C17H30N2. The molecule has 1 aromatic rings. The van der Waals surface area contributed by atoms with Gasteiger partial charge in [-0.15, -0.1) is 0 Å². The molecule has 0 aliphatic heterocycles. The lowest BCUT2D eigenvalue weighted by Crippen LogP contribution is -2.39. The molecule has 0 aliphatic rings. The molecule has 2 atom stereocenters. The van der Waals surface area contributed by atoms with Crippen LogP contribution in [-0.2, 0) is 0 Å². The fourth-order valence-corrected chi connectivity index (χ4v) is 2.31. The average molecular weight is 262 g/mol. The van der Waals surface area contributed by atoms with Gasteiger partial charge in [0.25, 0.3) is 0 Å². The van der Waals surface area contributed by atoms with Crippen molar-refractivity contribution in [3.63, 3.8) is 0 Å². The predicted octanol–water partition coefficient (Wildman–Crippen LogP) is 3.62. The molecule has 0 aromatic heterocycles. The van der Waals surface area contributed by atoms with Crippen molar-refractivity contribution in [2.45, 2.75) is 46.2 Å². The minimum absolute atomic E-state index is 0.412. The number of likely N-dealkylation sites (N-methyl/N-ethyl adjacent to an activating group) is 1. The smallest absolute Gasteiger partial charge is 0.0292 e. The van der Waals surface area contributed by atoms with Crippen molar-refractivity contribution >= 4 is 0 Å². The second-order valence-corrected chi connectivity index (χ2v) is 6.29. The van der Waals surface area contributed by atoms with Crippen molar-refractivity contribution in [2.24, 2.45) is 5.92 Å². The van der Waals surface area contributed by atoms with Crippen molar-refractivity contribution in [1.82, 2.24) is 10.2 Å². The number of hydrogen-bond donors (Lipinski definition) is 1. The van der Waals surface area contributed by atoms with Gasteiger partial charge in [-0.05, 0) is 45.8 Å². The molecule has 2 heteroatoms. The number of aryl methyl sites for hydroxylation is 1. The number of hydrogen-bond acceptors (Lipinski definition) is 2. The van der Waals surface area contributed by atoms with Crippen LogP contribution in [0, 0.1) is 12.8 Å². The average Bonchev–Trinajstić information content (AvgIpc) is 2.34. The van der Waals surface area contributed by atoms with E-state index < -0.39 is 0 Å². The third-order valence-electron chi connectivity index (χ3n) is 3.71. The highest BCUT2D eigenvalue weighted by atomic mass is 15.1. The van der Waals surface area contributed by atoms with Gasteiger partial charge in [0, 0.05) is 18.6 Å². The highest BCUT2D eigenvalue weighted by Crippen LogP contribution is 2.14. The Labute approximate surface area is 119 Å². The summed E-state index contributed by atoms with van der Waals surface area (Å²) < 4.78 is 0. The van der Waals surface area contributed by atoms with Gasteiger partial charge in [0.1, 0.15) is 0 Å². The van der Waals surface area contributed by atoms with Gasteiger partial charge < -0.3 is 10.2 Å². The highest BCUT2D eigenvalue weighted by Gasteiger charge is 2.14. The maximum Gasteiger partial charge on any atom is 0.0292 e. The summed E-state index contributed by atoms with van der Waals surface area (Å²) in [5.41, 5.74) is 2.69. The van der Waals surface area contributed by atoms with E-state index in [4.69, 9.17) is 0 Å². The minimum atomic E-state index is 0.412. The Hall–Kier alpha value is -0.860. The summed E-state index contributed by atoms with van der Waals surface area (Å²) in [4.78, 5) is 2.33. The lowest BCUT2D eigenvalue weighted by molar-refractivity contribution is 0.242. The fourth-order valence-electron chi connectivity index (χ4n) is 2.31. The van der Waals surface area contributed by atoms with Gasteiger partial charge in [-0.1, -0.05) is 43.7 Å². The lowest BCUT2D eigenvalue weighted by Gasteiger charge is -2.28. The van der Waals surface area contributed by atoms with Crippen molar-refractivity contribution in [1.29, 1.82) is 0 Å². The summed E-state index contributed by atoms with van der Waals surface area (Å²) in [5, 5.41) is 3.66. The second kappa shape index (κ2) is 7.66. The molecule has 1 aromatic carbocycles. The van der Waals surface area contributed by atoms with E-state index in [1.54, 1.807) is 0 Å². The van der Waals surface area contributed by atoms with Gasteiger partial charge in [0.15, 0.2) is 0 Å². The first kappa shape index (κ1) is 16.2. The Morgan fingerprint density at radius 2 is 1.63 bits per heavy atom. The van der Waals surface area contributed by atoms with Gasteiger partial charge in [-0.2, -0.15) is 0 Å². The van der Waals surface area contributed by atoms with Crippen LogP contribution in [0.1, 0.15) is 44.4 Å². The van der Waals surface area contributed by atoms with Crippen LogP contribution in [0.25, 0.3) is 0 Å². The molecule has 0 spiro atoms. The zero-order chi connectivity index (χ0) is 14.4. The molecule has 0 saturated heterocycles.